The smallest absolute Gasteiger partial charge is 0.338 e. The lowest BCUT2D eigenvalue weighted by atomic mass is 10.0. The summed E-state index contributed by atoms with van der Waals surface area (Å²) in [6.07, 6.45) is 2.85. The Morgan fingerprint density at radius 3 is 2.81 bits per heavy atom. The molecule has 0 bridgehead atoms. The molecule has 0 N–H and O–H groups in total. The van der Waals surface area contributed by atoms with Gasteiger partial charge in [-0.1, -0.05) is 24.9 Å². The van der Waals surface area contributed by atoms with Crippen molar-refractivity contribution in [1.82, 2.24) is 9.38 Å². The zero-order valence-corrected chi connectivity index (χ0v) is 15.9. The first kappa shape index (κ1) is 18.2. The lowest BCUT2D eigenvalue weighted by molar-refractivity contribution is 0.0526. The van der Waals surface area contributed by atoms with Crippen LogP contribution in [0.15, 0.2) is 18.2 Å². The number of hydrogen-bond donors (Lipinski definition) is 0. The topological polar surface area (TPSA) is 67.4 Å². The zero-order valence-electron chi connectivity index (χ0n) is 15.1. The average Bonchev–Trinajstić information content (AvgIpc) is 3.00. The highest BCUT2D eigenvalue weighted by Gasteiger charge is 2.20. The van der Waals surface area contributed by atoms with Crippen molar-refractivity contribution in [2.45, 2.75) is 40.0 Å². The molecule has 26 heavy (non-hydrogen) atoms. The number of pyridine rings is 1. The minimum absolute atomic E-state index is 0.312. The fourth-order valence-corrected chi connectivity index (χ4v) is 3.58. The molecule has 3 aromatic rings. The van der Waals surface area contributed by atoms with Gasteiger partial charge in [-0.15, -0.1) is 0 Å². The first-order valence-corrected chi connectivity index (χ1v) is 9.11. The Labute approximate surface area is 157 Å². The van der Waals surface area contributed by atoms with Crippen LogP contribution in [0.25, 0.3) is 16.7 Å². The summed E-state index contributed by atoms with van der Waals surface area (Å²) in [6.45, 7) is 6.11. The number of esters is 1. The molecule has 0 fully saturated rings. The maximum Gasteiger partial charge on any atom is 0.338 e. The normalized spacial score (nSPS) is 11.0. The third-order valence-electron chi connectivity index (χ3n) is 4.55. The molecule has 0 unspecified atom stereocenters. The van der Waals surface area contributed by atoms with Crippen molar-refractivity contribution in [2.24, 2.45) is 0 Å². The molecular formula is C20H20ClN3O2. The molecule has 2 heterocycles. The lowest BCUT2D eigenvalue weighted by Gasteiger charge is -2.12. The number of ether oxygens (including phenoxy) is 1. The van der Waals surface area contributed by atoms with E-state index in [2.05, 4.69) is 18.0 Å². The number of benzene rings is 1. The Morgan fingerprint density at radius 2 is 2.15 bits per heavy atom. The number of nitriles is 1. The van der Waals surface area contributed by atoms with Crippen LogP contribution in [-0.4, -0.2) is 22.0 Å². The quantitative estimate of drug-likeness (QED) is 0.476. The largest absolute Gasteiger partial charge is 0.462 e. The number of aromatic nitrogens is 2. The summed E-state index contributed by atoms with van der Waals surface area (Å²) in [5.74, 6) is -0.391. The predicted octanol–water partition coefficient (Wildman–Crippen LogP) is 4.84. The van der Waals surface area contributed by atoms with Crippen molar-refractivity contribution in [3.63, 3.8) is 0 Å². The van der Waals surface area contributed by atoms with E-state index in [0.29, 0.717) is 34.1 Å². The fourth-order valence-electron chi connectivity index (χ4n) is 3.17. The van der Waals surface area contributed by atoms with E-state index in [4.69, 9.17) is 16.3 Å². The summed E-state index contributed by atoms with van der Waals surface area (Å²) in [7, 11) is 0. The Kier molecular flexibility index (Phi) is 5.15. The van der Waals surface area contributed by atoms with Gasteiger partial charge in [-0.2, -0.15) is 5.26 Å². The highest BCUT2D eigenvalue weighted by Crippen LogP contribution is 2.32. The minimum Gasteiger partial charge on any atom is -0.462 e. The fraction of sp³-hybridized carbons (Fsp3) is 0.350. The van der Waals surface area contributed by atoms with Crippen LogP contribution in [0, 0.1) is 18.3 Å². The van der Waals surface area contributed by atoms with Crippen molar-refractivity contribution in [3.05, 3.63) is 45.6 Å². The van der Waals surface area contributed by atoms with Gasteiger partial charge in [-0.3, -0.25) is 4.40 Å². The summed E-state index contributed by atoms with van der Waals surface area (Å²) in [4.78, 5) is 16.6. The molecule has 0 radical (unpaired) electrons. The number of carbonyl (C=O) groups excluding carboxylic acids is 1. The van der Waals surface area contributed by atoms with Crippen LogP contribution >= 0.6 is 11.6 Å². The number of nitrogens with zero attached hydrogens (tertiary/aromatic N) is 3. The highest BCUT2D eigenvalue weighted by molar-refractivity contribution is 6.31. The van der Waals surface area contributed by atoms with Crippen molar-refractivity contribution in [3.8, 4) is 6.07 Å². The van der Waals surface area contributed by atoms with Gasteiger partial charge in [0, 0.05) is 0 Å². The molecule has 5 nitrogen and oxygen atoms in total. The first-order chi connectivity index (χ1) is 12.5. The molecule has 0 aliphatic rings. The summed E-state index contributed by atoms with van der Waals surface area (Å²) in [5.41, 5.74) is 4.71. The molecule has 1 aromatic carbocycles. The van der Waals surface area contributed by atoms with E-state index in [1.807, 2.05) is 11.3 Å². The molecule has 0 saturated heterocycles. The van der Waals surface area contributed by atoms with Gasteiger partial charge in [0.25, 0.3) is 0 Å². The van der Waals surface area contributed by atoms with Crippen LogP contribution < -0.4 is 0 Å². The van der Waals surface area contributed by atoms with E-state index in [0.717, 1.165) is 35.9 Å². The summed E-state index contributed by atoms with van der Waals surface area (Å²) < 4.78 is 6.86. The number of hydrogen-bond acceptors (Lipinski definition) is 4. The molecule has 0 saturated carbocycles. The SMILES string of the molecule is CCCCc1c(C)c(C#N)c2nc3cc(C(=O)OCC)ccc3n2c1Cl. The zero-order chi connectivity index (χ0) is 18.8. The van der Waals surface area contributed by atoms with Gasteiger partial charge in [0.15, 0.2) is 5.65 Å². The number of rotatable bonds is 5. The van der Waals surface area contributed by atoms with Crippen LogP contribution in [0.3, 0.4) is 0 Å². The Hall–Kier alpha value is -2.58. The third kappa shape index (κ3) is 2.91. The Morgan fingerprint density at radius 1 is 1.38 bits per heavy atom. The maximum absolute atomic E-state index is 12.0. The maximum atomic E-state index is 12.0. The molecule has 3 rings (SSSR count). The molecule has 2 aromatic heterocycles. The van der Waals surface area contributed by atoms with Crippen LogP contribution in [0.5, 0.6) is 0 Å². The Balaban J connectivity index is 2.30. The van der Waals surface area contributed by atoms with Crippen molar-refractivity contribution in [1.29, 1.82) is 5.26 Å². The lowest BCUT2D eigenvalue weighted by Crippen LogP contribution is -2.04. The second-order valence-electron chi connectivity index (χ2n) is 6.18. The number of carbonyl (C=O) groups is 1. The van der Waals surface area contributed by atoms with Gasteiger partial charge in [0.2, 0.25) is 0 Å². The van der Waals surface area contributed by atoms with E-state index in [1.165, 1.54) is 0 Å². The second-order valence-corrected chi connectivity index (χ2v) is 6.54. The number of unbranched alkanes of at least 4 members (excludes halogenated alkanes) is 1. The van der Waals surface area contributed by atoms with Gasteiger partial charge in [0.1, 0.15) is 11.2 Å². The van der Waals surface area contributed by atoms with Crippen molar-refractivity contribution in [2.75, 3.05) is 6.61 Å². The average molecular weight is 370 g/mol. The standard InChI is InChI=1S/C20H20ClN3O2/c1-4-6-7-14-12(3)15(11-22)19-23-16-10-13(20(25)26-5-2)8-9-17(16)24(19)18(14)21/h8-10H,4-7H2,1-3H3. The number of halogens is 1. The molecule has 0 aliphatic heterocycles. The first-order valence-electron chi connectivity index (χ1n) is 8.73. The molecule has 6 heteroatoms. The molecule has 0 spiro atoms. The Bertz CT molecular complexity index is 1050. The van der Waals surface area contributed by atoms with E-state index in [-0.39, 0.29) is 0 Å². The summed E-state index contributed by atoms with van der Waals surface area (Å²) >= 11 is 6.71. The van der Waals surface area contributed by atoms with Crippen LogP contribution in [-0.2, 0) is 11.2 Å². The molecule has 0 atom stereocenters. The van der Waals surface area contributed by atoms with E-state index < -0.39 is 5.97 Å². The van der Waals surface area contributed by atoms with Crippen LogP contribution in [0.2, 0.25) is 5.15 Å². The second kappa shape index (κ2) is 7.35. The van der Waals surface area contributed by atoms with Gasteiger partial charge < -0.3 is 4.74 Å². The molecular weight excluding hydrogens is 350 g/mol. The van der Waals surface area contributed by atoms with Crippen LogP contribution in [0.1, 0.15) is 53.7 Å². The van der Waals surface area contributed by atoms with E-state index in [1.54, 1.807) is 25.1 Å². The van der Waals surface area contributed by atoms with E-state index in [9.17, 15) is 10.1 Å². The summed E-state index contributed by atoms with van der Waals surface area (Å²) in [6, 6.07) is 7.44. The molecule has 0 amide bonds. The van der Waals surface area contributed by atoms with Crippen LogP contribution in [0.4, 0.5) is 0 Å². The van der Waals surface area contributed by atoms with Gasteiger partial charge in [-0.05, 0) is 56.0 Å². The number of imidazole rings is 1. The molecule has 134 valence electrons. The predicted molar refractivity (Wildman–Crippen MR) is 102 cm³/mol. The summed E-state index contributed by atoms with van der Waals surface area (Å²) in [5, 5.41) is 10.3. The molecule has 0 aliphatic carbocycles. The minimum atomic E-state index is -0.391. The van der Waals surface area contributed by atoms with Crippen molar-refractivity contribution >= 4 is 34.3 Å². The van der Waals surface area contributed by atoms with Crippen molar-refractivity contribution < 1.29 is 9.53 Å². The van der Waals surface area contributed by atoms with Gasteiger partial charge >= 0.3 is 5.97 Å². The third-order valence-corrected chi connectivity index (χ3v) is 4.95. The monoisotopic (exact) mass is 369 g/mol. The number of fused-ring (bicyclic) bond motifs is 3. The highest BCUT2D eigenvalue weighted by atomic mass is 35.5. The van der Waals surface area contributed by atoms with E-state index >= 15 is 0 Å². The van der Waals surface area contributed by atoms with Gasteiger partial charge in [-0.25, -0.2) is 9.78 Å². The van der Waals surface area contributed by atoms with Gasteiger partial charge in [0.05, 0.1) is 28.8 Å².